The molecule has 6 rings (SSSR count). The van der Waals surface area contributed by atoms with E-state index < -0.39 is 11.9 Å². The molecule has 0 aromatic carbocycles. The number of Topliss-reactive ketones (excluding diaryl/α,β-unsaturated/α-hetero) is 1. The van der Waals surface area contributed by atoms with Gasteiger partial charge in [-0.1, -0.05) is 65.5 Å². The molecule has 0 amide bonds. The molecule has 2 aliphatic heterocycles. The predicted molar refractivity (Wildman–Crippen MR) is 152 cm³/mol. The number of esters is 1. The van der Waals surface area contributed by atoms with Crippen LogP contribution in [-0.4, -0.2) is 41.9 Å². The number of hydrogen-bond acceptors (Lipinski definition) is 3. The van der Waals surface area contributed by atoms with E-state index in [-0.39, 0.29) is 34.8 Å². The van der Waals surface area contributed by atoms with Gasteiger partial charge in [0.05, 0.1) is 7.11 Å². The second-order valence-electron chi connectivity index (χ2n) is 10.6. The number of methoxy groups -OCH3 is 1. The molecule has 39 heavy (non-hydrogen) atoms. The smallest absolute Gasteiger partial charge is 0.664 e. The Balaban J connectivity index is 0.00000308. The summed E-state index contributed by atoms with van der Waals surface area (Å²) in [5.74, 6) is -1.89. The number of nitrogens with zero attached hydrogens (tertiary/aromatic N) is 4. The van der Waals surface area contributed by atoms with Gasteiger partial charge in [-0.3, -0.25) is 9.59 Å². The maximum absolute atomic E-state index is 13.7. The molecule has 196 valence electrons. The summed E-state index contributed by atoms with van der Waals surface area (Å²) in [5, 5.41) is 6.68. The maximum atomic E-state index is 13.7. The number of ether oxygens (including phenoxy) is 1. The summed E-state index contributed by atoms with van der Waals surface area (Å²) < 4.78 is 5.08. The minimum atomic E-state index is -1.05. The van der Waals surface area contributed by atoms with Crippen LogP contribution in [0.1, 0.15) is 81.2 Å². The van der Waals surface area contributed by atoms with Crippen LogP contribution in [0.15, 0.2) is 11.4 Å². The third-order valence-electron chi connectivity index (χ3n) is 8.40. The zero-order valence-electron chi connectivity index (χ0n) is 23.5. The van der Waals surface area contributed by atoms with Crippen molar-refractivity contribution >= 4 is 58.6 Å². The van der Waals surface area contributed by atoms with Crippen molar-refractivity contribution in [2.45, 2.75) is 54.4 Å². The number of ketones is 1. The largest absolute Gasteiger partial charge is 2.00 e. The number of rotatable bonds is 2. The summed E-state index contributed by atoms with van der Waals surface area (Å²) in [7, 11) is 1.31. The fourth-order valence-electron chi connectivity index (χ4n) is 6.08. The van der Waals surface area contributed by atoms with E-state index >= 15 is 0 Å². The van der Waals surface area contributed by atoms with Crippen LogP contribution < -0.4 is 25.7 Å². The first-order valence-corrected chi connectivity index (χ1v) is 13.1. The van der Waals surface area contributed by atoms with Crippen molar-refractivity contribution in [2.24, 2.45) is 11.8 Å². The molecule has 8 bridgehead atoms. The van der Waals surface area contributed by atoms with Crippen molar-refractivity contribution < 1.29 is 14.3 Å². The van der Waals surface area contributed by atoms with E-state index in [1.54, 1.807) is 0 Å². The van der Waals surface area contributed by atoms with Gasteiger partial charge in [0, 0.05) is 5.56 Å². The SMILES string of the molecule is CCc1c2[n-]c(c1C)/C=C1/C[C@H](C)/C(=C3/c4[n-]c(c(C)c4C(=O)[C@@H]3C(=O)OC)/C=c3\[n-]/c(c(C)c3C)=C\2)[N-]1.[Mg+2]. The molecule has 3 aliphatic rings. The Labute approximate surface area is 244 Å². The molecule has 3 aromatic rings. The molecule has 8 heteroatoms. The Hall–Kier alpha value is -3.23. The molecule has 0 unspecified atom stereocenters. The van der Waals surface area contributed by atoms with Gasteiger partial charge in [-0.2, -0.15) is 11.4 Å². The van der Waals surface area contributed by atoms with Crippen LogP contribution in [0.5, 0.6) is 0 Å². The van der Waals surface area contributed by atoms with Gasteiger partial charge in [0.1, 0.15) is 5.92 Å². The fraction of sp³-hybridized carbons (Fsp3) is 0.355. The molecule has 0 radical (unpaired) electrons. The van der Waals surface area contributed by atoms with Crippen LogP contribution >= 0.6 is 0 Å². The first kappa shape index (κ1) is 27.3. The first-order chi connectivity index (χ1) is 18.1. The number of carbonyl (C=O) groups excluding carboxylic acids is 2. The molecule has 1 saturated heterocycles. The molecule has 5 heterocycles. The van der Waals surface area contributed by atoms with Crippen LogP contribution in [0.2, 0.25) is 0 Å². The van der Waals surface area contributed by atoms with Crippen molar-refractivity contribution in [3.8, 4) is 0 Å². The molecule has 0 saturated carbocycles. The second-order valence-corrected chi connectivity index (χ2v) is 10.6. The summed E-state index contributed by atoms with van der Waals surface area (Å²) in [4.78, 5) is 41.4. The summed E-state index contributed by atoms with van der Waals surface area (Å²) in [6.07, 6.45) is 7.61. The van der Waals surface area contributed by atoms with Crippen LogP contribution in [0, 0.1) is 39.5 Å². The number of fused-ring (bicyclic) bond motifs is 7. The number of hydrogen-bond donors (Lipinski definition) is 0. The van der Waals surface area contributed by atoms with Crippen molar-refractivity contribution in [3.63, 3.8) is 0 Å². The summed E-state index contributed by atoms with van der Waals surface area (Å²) in [6, 6.07) is 0. The van der Waals surface area contributed by atoms with E-state index in [2.05, 4.69) is 40.7 Å². The van der Waals surface area contributed by atoms with E-state index in [9.17, 15) is 9.59 Å². The Morgan fingerprint density at radius 1 is 0.923 bits per heavy atom. The molecule has 0 N–H and O–H groups in total. The zero-order chi connectivity index (χ0) is 27.0. The molecular formula is C31H30MgN4O3-2. The van der Waals surface area contributed by atoms with E-state index in [1.165, 1.54) is 12.7 Å². The van der Waals surface area contributed by atoms with Crippen LogP contribution in [0.25, 0.3) is 29.1 Å². The summed E-state index contributed by atoms with van der Waals surface area (Å²) >= 11 is 0. The van der Waals surface area contributed by atoms with Crippen LogP contribution in [-0.2, 0) is 16.0 Å². The van der Waals surface area contributed by atoms with E-state index in [4.69, 9.17) is 25.0 Å². The molecule has 3 aromatic heterocycles. The third kappa shape index (κ3) is 3.99. The maximum Gasteiger partial charge on any atom is 2.00 e. The van der Waals surface area contributed by atoms with Crippen molar-refractivity contribution in [1.29, 1.82) is 0 Å². The third-order valence-corrected chi connectivity index (χ3v) is 8.40. The number of allylic oxidation sites excluding steroid dienone is 2. The number of aromatic nitrogens is 3. The van der Waals surface area contributed by atoms with Crippen molar-refractivity contribution in [3.05, 3.63) is 83.6 Å². The zero-order valence-corrected chi connectivity index (χ0v) is 24.9. The van der Waals surface area contributed by atoms with E-state index in [0.29, 0.717) is 28.9 Å². The van der Waals surface area contributed by atoms with Crippen molar-refractivity contribution in [2.75, 3.05) is 7.11 Å². The molecule has 0 spiro atoms. The molecule has 7 nitrogen and oxygen atoms in total. The van der Waals surface area contributed by atoms with Gasteiger partial charge in [-0.15, -0.1) is 33.5 Å². The summed E-state index contributed by atoms with van der Waals surface area (Å²) in [5.41, 5.74) is 10.9. The molecule has 1 aliphatic carbocycles. The average Bonchev–Trinajstić information content (AvgIpc) is 3.63. The van der Waals surface area contributed by atoms with E-state index in [1.807, 2.05) is 19.1 Å². The normalized spacial score (nSPS) is 24.2. The first-order valence-electron chi connectivity index (χ1n) is 13.1. The van der Waals surface area contributed by atoms with Gasteiger partial charge in [0.15, 0.2) is 5.78 Å². The summed E-state index contributed by atoms with van der Waals surface area (Å²) in [6.45, 7) is 12.3. The topological polar surface area (TPSA) is 99.8 Å². The minimum absolute atomic E-state index is 0. The predicted octanol–water partition coefficient (Wildman–Crippen LogP) is 3.10. The van der Waals surface area contributed by atoms with Gasteiger partial charge >= 0.3 is 29.0 Å². The van der Waals surface area contributed by atoms with E-state index in [0.717, 1.165) is 62.2 Å². The quantitative estimate of drug-likeness (QED) is 0.287. The van der Waals surface area contributed by atoms with Crippen LogP contribution in [0.4, 0.5) is 0 Å². The average molecular weight is 531 g/mol. The van der Waals surface area contributed by atoms with Gasteiger partial charge in [-0.25, -0.2) is 0 Å². The van der Waals surface area contributed by atoms with Gasteiger partial charge in [-0.05, 0) is 46.5 Å². The second kappa shape index (κ2) is 9.75. The number of carbonyl (C=O) groups is 2. The van der Waals surface area contributed by atoms with Gasteiger partial charge in [0.2, 0.25) is 0 Å². The monoisotopic (exact) mass is 530 g/mol. The Kier molecular flexibility index (Phi) is 6.83. The Morgan fingerprint density at radius 2 is 1.56 bits per heavy atom. The van der Waals surface area contributed by atoms with Crippen LogP contribution in [0.3, 0.4) is 0 Å². The molecule has 1 fully saturated rings. The molecular weight excluding hydrogens is 501 g/mol. The molecule has 2 atom stereocenters. The Morgan fingerprint density at radius 3 is 2.21 bits per heavy atom. The van der Waals surface area contributed by atoms with Crippen molar-refractivity contribution in [1.82, 2.24) is 15.0 Å². The van der Waals surface area contributed by atoms with Gasteiger partial charge in [0.25, 0.3) is 0 Å². The minimum Gasteiger partial charge on any atom is -0.664 e. The Bertz CT molecular complexity index is 1740. The standard InChI is InChI=1S/C31H31N4O3.Mg/c1-8-19-16(5)20-10-18-9-13(2)28(32-18)26-27(31(37)38-7)30(36)25-17(6)23(35-29(25)26)11-21-14(3)15(4)22(33-21)12-24(19)34-20;/h10-13,27H,8-9H2,1-7H3,(H-,32,35,36);/q-3;+2/p-1/b18-10-,21-11-,22-12-;/t13-,27+;/m0./s1. The van der Waals surface area contributed by atoms with Gasteiger partial charge < -0.3 is 25.0 Å². The fourth-order valence-corrected chi connectivity index (χ4v) is 6.08.